The Balaban J connectivity index is 2.54. The summed E-state index contributed by atoms with van der Waals surface area (Å²) in [5.41, 5.74) is 6.75. The van der Waals surface area contributed by atoms with Crippen LogP contribution in [-0.2, 0) is 4.74 Å². The van der Waals surface area contributed by atoms with Crippen LogP contribution in [0.4, 0.5) is 13.2 Å². The van der Waals surface area contributed by atoms with Gasteiger partial charge in [0.15, 0.2) is 0 Å². The van der Waals surface area contributed by atoms with Gasteiger partial charge in [0.05, 0.1) is 22.4 Å². The standard InChI is InChI=1S/C11H17BrF3N3O/c1-7(2)18-10(8(12)5-17-18)9(16)3-4-19-6-11(13,14)15/h5,7,9H,3-4,6,16H2,1-2H3. The van der Waals surface area contributed by atoms with Crippen LogP contribution in [0.5, 0.6) is 0 Å². The van der Waals surface area contributed by atoms with Crippen molar-refractivity contribution in [1.29, 1.82) is 0 Å². The summed E-state index contributed by atoms with van der Waals surface area (Å²) in [5, 5.41) is 4.17. The highest BCUT2D eigenvalue weighted by molar-refractivity contribution is 9.10. The van der Waals surface area contributed by atoms with Gasteiger partial charge in [0.1, 0.15) is 6.61 Å². The fraction of sp³-hybridized carbons (Fsp3) is 0.727. The molecule has 1 rings (SSSR count). The predicted octanol–water partition coefficient (Wildman–Crippen LogP) is 3.20. The molecule has 0 amide bonds. The molecule has 1 unspecified atom stereocenters. The lowest BCUT2D eigenvalue weighted by molar-refractivity contribution is -0.174. The van der Waals surface area contributed by atoms with Gasteiger partial charge in [-0.25, -0.2) is 0 Å². The molecule has 0 aliphatic rings. The number of alkyl halides is 3. The molecule has 0 aliphatic carbocycles. The summed E-state index contributed by atoms with van der Waals surface area (Å²) in [6, 6.07) is -0.295. The van der Waals surface area contributed by atoms with Crippen molar-refractivity contribution in [3.05, 3.63) is 16.4 Å². The Morgan fingerprint density at radius 2 is 2.11 bits per heavy atom. The molecule has 8 heteroatoms. The number of halogens is 4. The average Bonchev–Trinajstić information content (AvgIpc) is 2.65. The Kier molecular flexibility index (Phi) is 5.82. The summed E-state index contributed by atoms with van der Waals surface area (Å²) in [6.07, 6.45) is -2.37. The maximum absolute atomic E-state index is 11.9. The van der Waals surface area contributed by atoms with Crippen LogP contribution >= 0.6 is 15.9 Å². The molecule has 110 valence electrons. The third kappa shape index (κ3) is 5.12. The molecule has 0 spiro atoms. The molecule has 0 fully saturated rings. The molecule has 0 radical (unpaired) electrons. The minimum Gasteiger partial charge on any atom is -0.372 e. The number of nitrogens with zero attached hydrogens (tertiary/aromatic N) is 2. The first kappa shape index (κ1) is 16.5. The molecule has 0 aliphatic heterocycles. The van der Waals surface area contributed by atoms with Crippen LogP contribution in [0.2, 0.25) is 0 Å². The van der Waals surface area contributed by atoms with E-state index in [1.165, 1.54) is 0 Å². The van der Waals surface area contributed by atoms with Crippen molar-refractivity contribution in [3.63, 3.8) is 0 Å². The van der Waals surface area contributed by atoms with Crippen molar-refractivity contribution >= 4 is 15.9 Å². The van der Waals surface area contributed by atoms with Crippen LogP contribution in [0.1, 0.15) is 38.0 Å². The van der Waals surface area contributed by atoms with Gasteiger partial charge in [-0.1, -0.05) is 0 Å². The largest absolute Gasteiger partial charge is 0.411 e. The minimum atomic E-state index is -4.30. The predicted molar refractivity (Wildman–Crippen MR) is 68.7 cm³/mol. The van der Waals surface area contributed by atoms with Crippen LogP contribution in [-0.4, -0.2) is 29.2 Å². The Bertz CT molecular complexity index is 406. The van der Waals surface area contributed by atoms with Gasteiger partial charge in [0.2, 0.25) is 0 Å². The number of ether oxygens (including phenoxy) is 1. The lowest BCUT2D eigenvalue weighted by Crippen LogP contribution is -2.22. The van der Waals surface area contributed by atoms with Crippen molar-refractivity contribution in [1.82, 2.24) is 9.78 Å². The van der Waals surface area contributed by atoms with E-state index in [0.29, 0.717) is 6.42 Å². The molecule has 0 aromatic carbocycles. The third-order valence-electron chi connectivity index (χ3n) is 2.47. The highest BCUT2D eigenvalue weighted by Crippen LogP contribution is 2.26. The second-order valence-corrected chi connectivity index (χ2v) is 5.33. The highest BCUT2D eigenvalue weighted by Gasteiger charge is 2.27. The van der Waals surface area contributed by atoms with E-state index >= 15 is 0 Å². The van der Waals surface area contributed by atoms with Crippen LogP contribution in [0, 0.1) is 0 Å². The number of hydrogen-bond donors (Lipinski definition) is 1. The molecule has 4 nitrogen and oxygen atoms in total. The second-order valence-electron chi connectivity index (χ2n) is 4.48. The fourth-order valence-corrected chi connectivity index (χ4v) is 2.21. The Morgan fingerprint density at radius 1 is 1.47 bits per heavy atom. The van der Waals surface area contributed by atoms with Gasteiger partial charge >= 0.3 is 6.18 Å². The lowest BCUT2D eigenvalue weighted by Gasteiger charge is -2.17. The SMILES string of the molecule is CC(C)n1ncc(Br)c1C(N)CCOCC(F)(F)F. The average molecular weight is 344 g/mol. The van der Waals surface area contributed by atoms with Crippen molar-refractivity contribution in [2.75, 3.05) is 13.2 Å². The first-order valence-electron chi connectivity index (χ1n) is 5.85. The van der Waals surface area contributed by atoms with E-state index in [2.05, 4.69) is 25.8 Å². The number of nitrogens with two attached hydrogens (primary N) is 1. The summed E-state index contributed by atoms with van der Waals surface area (Å²) >= 11 is 3.34. The third-order valence-corrected chi connectivity index (χ3v) is 3.08. The van der Waals surface area contributed by atoms with Crippen LogP contribution in [0.15, 0.2) is 10.7 Å². The van der Waals surface area contributed by atoms with E-state index in [1.54, 1.807) is 10.9 Å². The quantitative estimate of drug-likeness (QED) is 0.807. The molecular formula is C11H17BrF3N3O. The molecule has 0 saturated carbocycles. The van der Waals surface area contributed by atoms with Crippen LogP contribution < -0.4 is 5.73 Å². The smallest absolute Gasteiger partial charge is 0.372 e. The summed E-state index contributed by atoms with van der Waals surface area (Å²) in [4.78, 5) is 0. The first-order valence-corrected chi connectivity index (χ1v) is 6.64. The highest BCUT2D eigenvalue weighted by atomic mass is 79.9. The zero-order chi connectivity index (χ0) is 14.6. The lowest BCUT2D eigenvalue weighted by atomic mass is 10.1. The second kappa shape index (κ2) is 6.71. The van der Waals surface area contributed by atoms with Crippen LogP contribution in [0.3, 0.4) is 0 Å². The number of rotatable bonds is 6. The van der Waals surface area contributed by atoms with Gasteiger partial charge in [-0.3, -0.25) is 4.68 Å². The summed E-state index contributed by atoms with van der Waals surface area (Å²) < 4.78 is 42.8. The molecule has 0 saturated heterocycles. The van der Waals surface area contributed by atoms with E-state index in [4.69, 9.17) is 5.73 Å². The maximum atomic E-state index is 11.9. The Morgan fingerprint density at radius 3 is 2.63 bits per heavy atom. The Labute approximate surface area is 118 Å². The summed E-state index contributed by atoms with van der Waals surface area (Å²) in [7, 11) is 0. The van der Waals surface area contributed by atoms with Gasteiger partial charge in [-0.15, -0.1) is 0 Å². The van der Waals surface area contributed by atoms with Gasteiger partial charge in [0, 0.05) is 12.6 Å². The first-order chi connectivity index (χ1) is 8.72. The van der Waals surface area contributed by atoms with Crippen molar-refractivity contribution in [3.8, 4) is 0 Å². The Hall–Kier alpha value is -0.600. The summed E-state index contributed by atoms with van der Waals surface area (Å²) in [5.74, 6) is 0. The molecule has 1 heterocycles. The number of aromatic nitrogens is 2. The van der Waals surface area contributed by atoms with E-state index in [0.717, 1.165) is 10.2 Å². The van der Waals surface area contributed by atoms with Gasteiger partial charge < -0.3 is 10.5 Å². The van der Waals surface area contributed by atoms with E-state index in [9.17, 15) is 13.2 Å². The molecule has 19 heavy (non-hydrogen) atoms. The monoisotopic (exact) mass is 343 g/mol. The van der Waals surface area contributed by atoms with Crippen molar-refractivity contribution in [2.24, 2.45) is 5.73 Å². The zero-order valence-electron chi connectivity index (χ0n) is 10.7. The topological polar surface area (TPSA) is 53.1 Å². The summed E-state index contributed by atoms with van der Waals surface area (Å²) in [6.45, 7) is 2.62. The maximum Gasteiger partial charge on any atom is 0.411 e. The fourth-order valence-electron chi connectivity index (χ4n) is 1.64. The van der Waals surface area contributed by atoms with Crippen molar-refractivity contribution in [2.45, 2.75) is 38.5 Å². The van der Waals surface area contributed by atoms with Gasteiger partial charge in [0.25, 0.3) is 0 Å². The molecule has 2 N–H and O–H groups in total. The van der Waals surface area contributed by atoms with Crippen molar-refractivity contribution < 1.29 is 17.9 Å². The molecule has 0 bridgehead atoms. The van der Waals surface area contributed by atoms with E-state index in [-0.39, 0.29) is 12.6 Å². The van der Waals surface area contributed by atoms with E-state index < -0.39 is 18.8 Å². The zero-order valence-corrected chi connectivity index (χ0v) is 12.3. The molecule has 1 aromatic heterocycles. The molecule has 1 aromatic rings. The van der Waals surface area contributed by atoms with Gasteiger partial charge in [-0.05, 0) is 36.2 Å². The normalized spacial score (nSPS) is 14.1. The number of hydrogen-bond acceptors (Lipinski definition) is 3. The van der Waals surface area contributed by atoms with E-state index in [1.807, 2.05) is 13.8 Å². The molecule has 1 atom stereocenters. The van der Waals surface area contributed by atoms with Gasteiger partial charge in [-0.2, -0.15) is 18.3 Å². The minimum absolute atomic E-state index is 0.0452. The molecular weight excluding hydrogens is 327 g/mol. The van der Waals surface area contributed by atoms with Crippen LogP contribution in [0.25, 0.3) is 0 Å².